The van der Waals surface area contributed by atoms with E-state index in [2.05, 4.69) is 129 Å². The van der Waals surface area contributed by atoms with Gasteiger partial charge in [0.25, 0.3) is 0 Å². The third-order valence-corrected chi connectivity index (χ3v) is 9.90. The van der Waals surface area contributed by atoms with E-state index >= 15 is 0 Å². The van der Waals surface area contributed by atoms with Crippen molar-refractivity contribution in [2.75, 3.05) is 0 Å². The molecule has 0 fully saturated rings. The minimum Gasteiger partial charge on any atom is -1.00 e. The molecule has 0 radical (unpaired) electrons. The Balaban J connectivity index is 0.00000103. The average Bonchev–Trinajstić information content (AvgIpc) is 3.13. The topological polar surface area (TPSA) is 12.0 Å². The van der Waals surface area contributed by atoms with Crippen molar-refractivity contribution in [3.05, 3.63) is 102 Å². The Hall–Kier alpha value is -0.699. The van der Waals surface area contributed by atoms with Gasteiger partial charge in [0.15, 0.2) is 0 Å². The molecule has 1 unspecified atom stereocenters. The summed E-state index contributed by atoms with van der Waals surface area (Å²) in [4.78, 5) is 0. The molecule has 33 heavy (non-hydrogen) atoms. The standard InChI is InChI=1S/C21H16P.C4H10N.C2H8Si.2ClH.Ti/c1-3-10-18(11-4-1)22(19-12-5-2-6-13-19)21-16-15-17-9-7-8-14-20(17)21;1-4(2,3)5;1-3-2;;;/h1-16H;5H,1-3H3;3H2,1-2H3;2*1H;/q;-1;;;;+3/p-2. The van der Waals surface area contributed by atoms with E-state index in [-0.39, 0.29) is 49.8 Å². The van der Waals surface area contributed by atoms with Crippen LogP contribution in [0.2, 0.25) is 13.1 Å². The van der Waals surface area contributed by atoms with Crippen LogP contribution in [0.15, 0.2) is 91.0 Å². The van der Waals surface area contributed by atoms with Crippen molar-refractivity contribution in [2.45, 2.75) is 43.6 Å². The third kappa shape index (κ3) is 8.48. The molecule has 174 valence electrons. The number of rotatable bonds is 5. The number of allylic oxidation sites excluding steroid dienone is 1. The predicted molar refractivity (Wildman–Crippen MR) is 139 cm³/mol. The summed E-state index contributed by atoms with van der Waals surface area (Å²) in [7, 11) is -0.134. The minimum absolute atomic E-state index is 0. The Bertz CT molecular complexity index is 954. The molecule has 0 aliphatic heterocycles. The molecule has 3 aromatic rings. The SMILES string of the molecule is CC(C)(C)[NH][Ti+2][CH]1C=C(P(c2ccccc2)c2ccccc2)c2ccccc21.C[SiH2]C.[Cl-].[Cl-]. The Labute approximate surface area is 225 Å². The van der Waals surface area contributed by atoms with Crippen LogP contribution in [0.4, 0.5) is 0 Å². The van der Waals surface area contributed by atoms with Gasteiger partial charge in [-0.25, -0.2) is 0 Å². The summed E-state index contributed by atoms with van der Waals surface area (Å²) in [5, 5.41) is 4.37. The van der Waals surface area contributed by atoms with E-state index in [1.165, 1.54) is 27.1 Å². The molecule has 1 aliphatic carbocycles. The monoisotopic (exact) mass is 549 g/mol. The molecule has 1 N–H and O–H groups in total. The summed E-state index contributed by atoms with van der Waals surface area (Å²) < 4.78 is 4.38. The van der Waals surface area contributed by atoms with Crippen molar-refractivity contribution in [3.63, 3.8) is 0 Å². The van der Waals surface area contributed by atoms with Crippen LogP contribution in [0.25, 0.3) is 5.31 Å². The van der Waals surface area contributed by atoms with E-state index in [4.69, 9.17) is 0 Å². The first kappa shape index (κ1) is 30.3. The van der Waals surface area contributed by atoms with E-state index in [1.807, 2.05) is 0 Å². The summed E-state index contributed by atoms with van der Waals surface area (Å²) in [6.45, 7) is 11.3. The zero-order valence-corrected chi connectivity index (χ0v) is 25.5. The maximum absolute atomic E-state index is 3.83. The molecule has 3 aromatic carbocycles. The number of halogens is 2. The second-order valence-electron chi connectivity index (χ2n) is 8.85. The first-order chi connectivity index (χ1) is 14.9. The van der Waals surface area contributed by atoms with Gasteiger partial charge in [0.2, 0.25) is 0 Å². The van der Waals surface area contributed by atoms with Gasteiger partial charge in [-0.2, -0.15) is 0 Å². The summed E-state index contributed by atoms with van der Waals surface area (Å²) >= 11 is -0.321. The van der Waals surface area contributed by atoms with E-state index in [0.717, 1.165) is 0 Å². The molecule has 0 bridgehead atoms. The molecule has 1 atom stereocenters. The van der Waals surface area contributed by atoms with Gasteiger partial charge in [0.05, 0.1) is 0 Å². The number of hydrogen-bond acceptors (Lipinski definition) is 1. The largest absolute Gasteiger partial charge is 1.00 e. The Morgan fingerprint density at radius 1 is 0.758 bits per heavy atom. The van der Waals surface area contributed by atoms with Gasteiger partial charge >= 0.3 is 180 Å². The molecular weight excluding hydrogens is 516 g/mol. The van der Waals surface area contributed by atoms with Gasteiger partial charge in [0, 0.05) is 9.52 Å². The number of hydrogen-bond donors (Lipinski definition) is 1. The van der Waals surface area contributed by atoms with E-state index in [9.17, 15) is 0 Å². The van der Waals surface area contributed by atoms with Crippen molar-refractivity contribution in [2.24, 2.45) is 0 Å². The number of benzene rings is 3. The van der Waals surface area contributed by atoms with Gasteiger partial charge in [-0.15, -0.1) is 0 Å². The van der Waals surface area contributed by atoms with Gasteiger partial charge in [-0.3, -0.25) is 0 Å². The summed E-state index contributed by atoms with van der Waals surface area (Å²) in [6, 6.07) is 31.1. The first-order valence-corrected chi connectivity index (χ1v) is 17.0. The zero-order valence-electron chi connectivity index (χ0n) is 20.1. The molecule has 1 aliphatic rings. The predicted octanol–water partition coefficient (Wildman–Crippen LogP) is -0.140. The van der Waals surface area contributed by atoms with E-state index < -0.39 is 7.92 Å². The molecule has 0 saturated heterocycles. The number of fused-ring (bicyclic) bond motifs is 1. The van der Waals surface area contributed by atoms with E-state index in [0.29, 0.717) is 13.7 Å². The fourth-order valence-corrected chi connectivity index (χ4v) is 8.23. The smallest absolute Gasteiger partial charge is 0.0135 e. The maximum atomic E-state index is 3.83. The molecular formula is C27H34Cl2NPSiTi. The van der Waals surface area contributed by atoms with Crippen molar-refractivity contribution in [1.29, 1.82) is 0 Å². The number of nitrogens with one attached hydrogen (secondary N) is 1. The van der Waals surface area contributed by atoms with Gasteiger partial charge < -0.3 is 24.8 Å². The molecule has 0 saturated carbocycles. The molecule has 0 amide bonds. The molecule has 0 heterocycles. The summed E-state index contributed by atoms with van der Waals surface area (Å²) in [5.74, 6) is 0. The molecule has 0 spiro atoms. The average molecular weight is 550 g/mol. The Kier molecular flexibility index (Phi) is 13.5. The molecule has 4 rings (SSSR count). The summed E-state index contributed by atoms with van der Waals surface area (Å²) in [5.41, 5.74) is 3.13. The van der Waals surface area contributed by atoms with Crippen LogP contribution in [-0.4, -0.2) is 15.1 Å². The fourth-order valence-electron chi connectivity index (χ4n) is 3.53. The Morgan fingerprint density at radius 3 is 1.70 bits per heavy atom. The quantitative estimate of drug-likeness (QED) is 0.345. The van der Waals surface area contributed by atoms with Gasteiger partial charge in [-0.1, -0.05) is 13.1 Å². The van der Waals surface area contributed by atoms with Crippen LogP contribution in [0.3, 0.4) is 0 Å². The van der Waals surface area contributed by atoms with Crippen LogP contribution >= 0.6 is 7.92 Å². The van der Waals surface area contributed by atoms with Crippen molar-refractivity contribution in [3.8, 4) is 0 Å². The molecule has 6 heteroatoms. The van der Waals surface area contributed by atoms with Crippen LogP contribution in [-0.2, 0) is 19.4 Å². The van der Waals surface area contributed by atoms with Crippen LogP contribution in [0, 0.1) is 0 Å². The van der Waals surface area contributed by atoms with Crippen molar-refractivity contribution < 1.29 is 44.2 Å². The molecule has 1 nitrogen and oxygen atoms in total. The van der Waals surface area contributed by atoms with E-state index in [1.54, 1.807) is 0 Å². The van der Waals surface area contributed by atoms with Crippen LogP contribution < -0.4 is 39.2 Å². The minimum atomic E-state index is -0.551. The second-order valence-corrected chi connectivity index (χ2v) is 14.3. The van der Waals surface area contributed by atoms with Gasteiger partial charge in [0.1, 0.15) is 0 Å². The normalized spacial score (nSPS) is 14.0. The first-order valence-electron chi connectivity index (χ1n) is 11.2. The van der Waals surface area contributed by atoms with Crippen molar-refractivity contribution >= 4 is 33.4 Å². The van der Waals surface area contributed by atoms with Crippen molar-refractivity contribution in [1.82, 2.24) is 3.80 Å². The summed E-state index contributed by atoms with van der Waals surface area (Å²) in [6.07, 6.45) is 2.58. The second kappa shape index (κ2) is 14.6. The third-order valence-electron chi connectivity index (χ3n) is 4.77. The Morgan fingerprint density at radius 2 is 1.21 bits per heavy atom. The van der Waals surface area contributed by atoms with Crippen LogP contribution in [0.1, 0.15) is 36.1 Å². The zero-order chi connectivity index (χ0) is 22.3. The maximum Gasteiger partial charge on any atom is 0.0135 e. The van der Waals surface area contributed by atoms with Crippen LogP contribution in [0.5, 0.6) is 0 Å². The molecule has 0 aromatic heterocycles. The van der Waals surface area contributed by atoms with Gasteiger partial charge in [-0.05, 0) is 0 Å². The fraction of sp³-hybridized carbons (Fsp3) is 0.259.